The number of hydrogen-bond acceptors (Lipinski definition) is 3. The topological polar surface area (TPSA) is 51.8 Å². The summed E-state index contributed by atoms with van der Waals surface area (Å²) >= 11 is 0. The third-order valence-corrected chi connectivity index (χ3v) is 3.14. The van der Waals surface area contributed by atoms with E-state index < -0.39 is 0 Å². The Labute approximate surface area is 94.4 Å². The fourth-order valence-corrected chi connectivity index (χ4v) is 2.38. The van der Waals surface area contributed by atoms with Crippen LogP contribution in [0.5, 0.6) is 0 Å². The zero-order chi connectivity index (χ0) is 11.0. The van der Waals surface area contributed by atoms with Crippen molar-refractivity contribution in [3.05, 3.63) is 53.5 Å². The van der Waals surface area contributed by atoms with Gasteiger partial charge in [-0.1, -0.05) is 24.3 Å². The second kappa shape index (κ2) is 3.59. The number of nitrogen functional groups attached to an aromatic ring is 1. The smallest absolute Gasteiger partial charge is 0.138 e. The molecule has 1 atom stereocenters. The number of anilines is 1. The maximum Gasteiger partial charge on any atom is 0.138 e. The zero-order valence-corrected chi connectivity index (χ0v) is 8.93. The van der Waals surface area contributed by atoms with E-state index in [1.54, 1.807) is 12.3 Å². The molecule has 3 heteroatoms. The molecule has 2 N–H and O–H groups in total. The minimum absolute atomic E-state index is 0.319. The molecule has 1 aliphatic rings. The van der Waals surface area contributed by atoms with Crippen molar-refractivity contribution in [3.8, 4) is 0 Å². The number of rotatable bonds is 1. The van der Waals surface area contributed by atoms with E-state index in [1.807, 2.05) is 0 Å². The van der Waals surface area contributed by atoms with Crippen molar-refractivity contribution < 1.29 is 0 Å². The van der Waals surface area contributed by atoms with Crippen LogP contribution in [-0.4, -0.2) is 9.97 Å². The highest BCUT2D eigenvalue weighted by Gasteiger charge is 2.25. The quantitative estimate of drug-likeness (QED) is 0.786. The number of aryl methyl sites for hydroxylation is 1. The Kier molecular flexibility index (Phi) is 2.10. The Morgan fingerprint density at radius 3 is 2.94 bits per heavy atom. The molecule has 0 amide bonds. The van der Waals surface area contributed by atoms with Crippen molar-refractivity contribution in [2.24, 2.45) is 0 Å². The summed E-state index contributed by atoms with van der Waals surface area (Å²) in [6, 6.07) is 10.2. The van der Waals surface area contributed by atoms with E-state index in [-0.39, 0.29) is 0 Å². The number of benzene rings is 1. The molecular formula is C13H13N3. The molecule has 1 aromatic carbocycles. The van der Waals surface area contributed by atoms with Crippen LogP contribution in [0.4, 0.5) is 5.82 Å². The van der Waals surface area contributed by atoms with Gasteiger partial charge >= 0.3 is 0 Å². The second-order valence-corrected chi connectivity index (χ2v) is 4.13. The van der Waals surface area contributed by atoms with Crippen molar-refractivity contribution in [1.29, 1.82) is 0 Å². The van der Waals surface area contributed by atoms with Crippen molar-refractivity contribution in [2.45, 2.75) is 18.8 Å². The molecule has 0 saturated carbocycles. The number of fused-ring (bicyclic) bond motifs is 1. The summed E-state index contributed by atoms with van der Waals surface area (Å²) in [5, 5.41) is 0. The van der Waals surface area contributed by atoms with E-state index in [2.05, 4.69) is 34.2 Å². The highest BCUT2D eigenvalue weighted by Crippen LogP contribution is 2.36. The Hall–Kier alpha value is -1.90. The lowest BCUT2D eigenvalue weighted by atomic mass is 10.0. The molecular weight excluding hydrogens is 198 g/mol. The van der Waals surface area contributed by atoms with Crippen molar-refractivity contribution in [3.63, 3.8) is 0 Å². The van der Waals surface area contributed by atoms with Gasteiger partial charge in [-0.3, -0.25) is 0 Å². The second-order valence-electron chi connectivity index (χ2n) is 4.13. The largest absolute Gasteiger partial charge is 0.384 e. The predicted molar refractivity (Wildman–Crippen MR) is 63.1 cm³/mol. The first kappa shape index (κ1) is 9.33. The lowest BCUT2D eigenvalue weighted by Crippen LogP contribution is -2.04. The van der Waals surface area contributed by atoms with Gasteiger partial charge in [0.25, 0.3) is 0 Å². The molecule has 1 heterocycles. The van der Waals surface area contributed by atoms with Gasteiger partial charge in [0.15, 0.2) is 0 Å². The Morgan fingerprint density at radius 2 is 2.06 bits per heavy atom. The van der Waals surface area contributed by atoms with Crippen LogP contribution < -0.4 is 5.73 Å². The third kappa shape index (κ3) is 1.45. The molecule has 1 aliphatic carbocycles. The fraction of sp³-hybridized carbons (Fsp3) is 0.231. The lowest BCUT2D eigenvalue weighted by Gasteiger charge is -2.09. The van der Waals surface area contributed by atoms with Crippen LogP contribution in [0, 0.1) is 0 Å². The molecule has 0 saturated heterocycles. The van der Waals surface area contributed by atoms with Crippen LogP contribution in [-0.2, 0) is 6.42 Å². The Bertz CT molecular complexity index is 522. The maximum atomic E-state index is 5.70. The number of aromatic nitrogens is 2. The summed E-state index contributed by atoms with van der Waals surface area (Å²) in [4.78, 5) is 8.65. The summed E-state index contributed by atoms with van der Waals surface area (Å²) in [7, 11) is 0. The Balaban J connectivity index is 2.05. The SMILES string of the molecule is Nc1ccnc(C2CCc3ccccc32)n1. The molecule has 80 valence electrons. The zero-order valence-electron chi connectivity index (χ0n) is 8.93. The fourth-order valence-electron chi connectivity index (χ4n) is 2.38. The first-order chi connectivity index (χ1) is 7.84. The summed E-state index contributed by atoms with van der Waals surface area (Å²) in [5.74, 6) is 1.72. The van der Waals surface area contributed by atoms with Gasteiger partial charge in [-0.05, 0) is 30.0 Å². The maximum absolute atomic E-state index is 5.70. The van der Waals surface area contributed by atoms with E-state index in [1.165, 1.54) is 11.1 Å². The molecule has 1 aromatic heterocycles. The number of nitrogens with zero attached hydrogens (tertiary/aromatic N) is 2. The minimum atomic E-state index is 0.319. The monoisotopic (exact) mass is 211 g/mol. The first-order valence-electron chi connectivity index (χ1n) is 5.51. The normalized spacial score (nSPS) is 18.4. The molecule has 3 nitrogen and oxygen atoms in total. The van der Waals surface area contributed by atoms with Crippen LogP contribution in [0.25, 0.3) is 0 Å². The highest BCUT2D eigenvalue weighted by molar-refractivity contribution is 5.39. The van der Waals surface area contributed by atoms with Crippen molar-refractivity contribution in [2.75, 3.05) is 5.73 Å². The molecule has 3 rings (SSSR count). The molecule has 0 spiro atoms. The average Bonchev–Trinajstić information content (AvgIpc) is 2.72. The van der Waals surface area contributed by atoms with E-state index >= 15 is 0 Å². The van der Waals surface area contributed by atoms with Crippen LogP contribution >= 0.6 is 0 Å². The highest BCUT2D eigenvalue weighted by atomic mass is 14.9. The van der Waals surface area contributed by atoms with E-state index in [4.69, 9.17) is 5.73 Å². The first-order valence-corrected chi connectivity index (χ1v) is 5.51. The third-order valence-electron chi connectivity index (χ3n) is 3.14. The molecule has 2 aromatic rings. The molecule has 0 aliphatic heterocycles. The van der Waals surface area contributed by atoms with E-state index in [0.717, 1.165) is 18.7 Å². The van der Waals surface area contributed by atoms with Crippen LogP contribution in [0.15, 0.2) is 36.5 Å². The molecule has 0 fully saturated rings. The van der Waals surface area contributed by atoms with Gasteiger partial charge in [-0.15, -0.1) is 0 Å². The average molecular weight is 211 g/mol. The molecule has 16 heavy (non-hydrogen) atoms. The van der Waals surface area contributed by atoms with Crippen LogP contribution in [0.2, 0.25) is 0 Å². The van der Waals surface area contributed by atoms with Crippen LogP contribution in [0.1, 0.15) is 29.3 Å². The van der Waals surface area contributed by atoms with Crippen molar-refractivity contribution in [1.82, 2.24) is 9.97 Å². The summed E-state index contributed by atoms with van der Waals surface area (Å²) in [6.07, 6.45) is 3.93. The summed E-state index contributed by atoms with van der Waals surface area (Å²) in [5.41, 5.74) is 8.47. The number of nitrogens with two attached hydrogens (primary N) is 1. The minimum Gasteiger partial charge on any atom is -0.384 e. The number of hydrogen-bond donors (Lipinski definition) is 1. The van der Waals surface area contributed by atoms with Gasteiger partial charge in [0.1, 0.15) is 11.6 Å². The van der Waals surface area contributed by atoms with Crippen molar-refractivity contribution >= 4 is 5.82 Å². The van der Waals surface area contributed by atoms with Gasteiger partial charge in [0.2, 0.25) is 0 Å². The van der Waals surface area contributed by atoms with Crippen LogP contribution in [0.3, 0.4) is 0 Å². The summed E-state index contributed by atoms with van der Waals surface area (Å²) < 4.78 is 0. The molecule has 1 unspecified atom stereocenters. The van der Waals surface area contributed by atoms with Gasteiger partial charge < -0.3 is 5.73 Å². The lowest BCUT2D eigenvalue weighted by molar-refractivity contribution is 0.730. The molecule has 0 bridgehead atoms. The predicted octanol–water partition coefficient (Wildman–Crippen LogP) is 2.14. The van der Waals surface area contributed by atoms with E-state index in [9.17, 15) is 0 Å². The summed E-state index contributed by atoms with van der Waals surface area (Å²) in [6.45, 7) is 0. The van der Waals surface area contributed by atoms with E-state index in [0.29, 0.717) is 11.7 Å². The van der Waals surface area contributed by atoms with Gasteiger partial charge in [0.05, 0.1) is 0 Å². The standard InChI is InChI=1S/C13H13N3/c14-12-7-8-15-13(16-12)11-6-5-9-3-1-2-4-10(9)11/h1-4,7-8,11H,5-6H2,(H2,14,15,16). The van der Waals surface area contributed by atoms with Gasteiger partial charge in [0, 0.05) is 12.1 Å². The molecule has 0 radical (unpaired) electrons. The van der Waals surface area contributed by atoms with Gasteiger partial charge in [-0.2, -0.15) is 0 Å². The Morgan fingerprint density at radius 1 is 1.19 bits per heavy atom. The van der Waals surface area contributed by atoms with Gasteiger partial charge in [-0.25, -0.2) is 9.97 Å².